The van der Waals surface area contributed by atoms with E-state index in [1.54, 1.807) is 14.2 Å². The molecule has 0 fully saturated rings. The Kier molecular flexibility index (Phi) is 10.8. The van der Waals surface area contributed by atoms with Gasteiger partial charge in [-0.05, 0) is 56.4 Å². The molecule has 0 radical (unpaired) electrons. The Morgan fingerprint density at radius 1 is 0.673 bits per heavy atom. The van der Waals surface area contributed by atoms with Crippen LogP contribution in [-0.2, 0) is 27.9 Å². The fourth-order valence-electron chi connectivity index (χ4n) is 7.64. The number of ether oxygens (including phenoxy) is 3. The average Bonchev–Trinajstić information content (AvgIpc) is 3.59. The second-order valence-electron chi connectivity index (χ2n) is 14.4. The molecule has 10 heteroatoms. The molecule has 0 saturated carbocycles. The lowest BCUT2D eigenvalue weighted by molar-refractivity contribution is -0.00455. The van der Waals surface area contributed by atoms with Crippen molar-refractivity contribution in [3.8, 4) is 11.5 Å². The molecule has 7 aromatic rings. The molecule has 55 heavy (non-hydrogen) atoms. The van der Waals surface area contributed by atoms with Crippen LogP contribution in [0.5, 0.6) is 11.5 Å². The van der Waals surface area contributed by atoms with Gasteiger partial charge in [-0.3, -0.25) is 4.79 Å². The lowest BCUT2D eigenvalue weighted by atomic mass is 9.80. The highest BCUT2D eigenvalue weighted by Gasteiger charge is 2.50. The number of benzene rings is 5. The van der Waals surface area contributed by atoms with Gasteiger partial charge in [0, 0.05) is 6.54 Å². The van der Waals surface area contributed by atoms with Crippen LogP contribution in [0.4, 0.5) is 0 Å². The number of aromatic nitrogens is 4. The summed E-state index contributed by atoms with van der Waals surface area (Å²) in [6.45, 7) is 7.55. The van der Waals surface area contributed by atoms with Crippen LogP contribution in [0.15, 0.2) is 151 Å². The average molecular weight is 751 g/mol. The molecule has 1 N–H and O–H groups in total. The lowest BCUT2D eigenvalue weighted by Gasteiger charge is -2.43. The smallest absolute Gasteiger partial charge is 0.278 e. The van der Waals surface area contributed by atoms with Crippen molar-refractivity contribution in [2.24, 2.45) is 0 Å². The van der Waals surface area contributed by atoms with E-state index in [0.717, 1.165) is 28.2 Å². The van der Waals surface area contributed by atoms with Crippen molar-refractivity contribution in [3.05, 3.63) is 179 Å². The van der Waals surface area contributed by atoms with Crippen molar-refractivity contribution in [1.29, 1.82) is 0 Å². The van der Waals surface area contributed by atoms with Crippen molar-refractivity contribution in [1.82, 2.24) is 19.5 Å². The zero-order valence-electron chi connectivity index (χ0n) is 31.9. The van der Waals surface area contributed by atoms with Gasteiger partial charge in [-0.15, -0.1) is 0 Å². The van der Waals surface area contributed by atoms with Gasteiger partial charge in [0.15, 0.2) is 11.2 Å². The Bertz CT molecular complexity index is 2290. The molecule has 0 atom stereocenters. The van der Waals surface area contributed by atoms with Gasteiger partial charge in [0.2, 0.25) is 0 Å². The third kappa shape index (κ3) is 7.12. The SMILES string of the molecule is COc1ccc(C(OCc2nc3c(=O)[nH]cnc3n2CCO[Si](c2ccccc2)(c2ccccc2)C(C)(C)C)(c2ccccc2)c2ccc(OC)cc2)cc1. The zero-order chi connectivity index (χ0) is 38.5. The van der Waals surface area contributed by atoms with E-state index in [2.05, 4.69) is 91.4 Å². The predicted octanol–water partition coefficient (Wildman–Crippen LogP) is 7.22. The summed E-state index contributed by atoms with van der Waals surface area (Å²) in [6.07, 6.45) is 1.42. The predicted molar refractivity (Wildman–Crippen MR) is 219 cm³/mol. The molecule has 280 valence electrons. The summed E-state index contributed by atoms with van der Waals surface area (Å²) >= 11 is 0. The topological polar surface area (TPSA) is 100 Å². The first-order valence-corrected chi connectivity index (χ1v) is 20.3. The molecular weight excluding hydrogens is 705 g/mol. The molecular formula is C45H46N4O5Si. The number of rotatable bonds is 14. The molecule has 0 bridgehead atoms. The third-order valence-corrected chi connectivity index (χ3v) is 15.3. The highest BCUT2D eigenvalue weighted by Crippen LogP contribution is 2.42. The first-order chi connectivity index (χ1) is 26.7. The molecule has 5 aromatic carbocycles. The number of hydrogen-bond acceptors (Lipinski definition) is 7. The number of nitrogens with zero attached hydrogens (tertiary/aromatic N) is 3. The largest absolute Gasteiger partial charge is 0.497 e. The first kappa shape index (κ1) is 37.5. The summed E-state index contributed by atoms with van der Waals surface area (Å²) in [4.78, 5) is 25.4. The number of aromatic amines is 1. The highest BCUT2D eigenvalue weighted by atomic mass is 28.4. The van der Waals surface area contributed by atoms with Crippen LogP contribution in [-0.4, -0.2) is 48.7 Å². The quantitative estimate of drug-likeness (QED) is 0.0926. The number of H-pyrrole nitrogens is 1. The van der Waals surface area contributed by atoms with Crippen LogP contribution in [0.1, 0.15) is 43.3 Å². The molecule has 9 nitrogen and oxygen atoms in total. The second kappa shape index (κ2) is 15.9. The molecule has 0 aliphatic heterocycles. The van der Waals surface area contributed by atoms with E-state index in [0.29, 0.717) is 24.6 Å². The molecule has 0 aliphatic carbocycles. The van der Waals surface area contributed by atoms with Gasteiger partial charge in [0.25, 0.3) is 13.9 Å². The van der Waals surface area contributed by atoms with Crippen molar-refractivity contribution in [2.45, 2.75) is 44.6 Å². The minimum absolute atomic E-state index is 0.0436. The van der Waals surface area contributed by atoms with Crippen molar-refractivity contribution in [2.75, 3.05) is 20.8 Å². The van der Waals surface area contributed by atoms with Gasteiger partial charge in [0.05, 0.1) is 27.2 Å². The first-order valence-electron chi connectivity index (χ1n) is 18.4. The van der Waals surface area contributed by atoms with E-state index in [-0.39, 0.29) is 22.7 Å². The van der Waals surface area contributed by atoms with Crippen molar-refractivity contribution in [3.63, 3.8) is 0 Å². The van der Waals surface area contributed by atoms with E-state index in [9.17, 15) is 4.79 Å². The maximum absolute atomic E-state index is 13.2. The van der Waals surface area contributed by atoms with Crippen LogP contribution in [0, 0.1) is 0 Å². The third-order valence-electron chi connectivity index (χ3n) is 10.3. The van der Waals surface area contributed by atoms with Crippen LogP contribution in [0.2, 0.25) is 5.04 Å². The van der Waals surface area contributed by atoms with Gasteiger partial charge < -0.3 is 28.2 Å². The van der Waals surface area contributed by atoms with Gasteiger partial charge in [-0.2, -0.15) is 0 Å². The molecule has 2 aromatic heterocycles. The Labute approximate surface area is 322 Å². The van der Waals surface area contributed by atoms with Crippen LogP contribution < -0.4 is 25.4 Å². The number of imidazole rings is 1. The molecule has 0 aliphatic rings. The van der Waals surface area contributed by atoms with Crippen molar-refractivity contribution >= 4 is 29.9 Å². The summed E-state index contributed by atoms with van der Waals surface area (Å²) in [5.41, 5.74) is 1.99. The maximum atomic E-state index is 13.2. The van der Waals surface area contributed by atoms with Gasteiger partial charge >= 0.3 is 0 Å². The normalized spacial score (nSPS) is 12.2. The van der Waals surface area contributed by atoms with E-state index in [1.807, 2.05) is 83.4 Å². The minimum atomic E-state index is -2.85. The minimum Gasteiger partial charge on any atom is -0.497 e. The summed E-state index contributed by atoms with van der Waals surface area (Å²) < 4.78 is 27.5. The Balaban J connectivity index is 1.32. The van der Waals surface area contributed by atoms with E-state index in [4.69, 9.17) is 23.6 Å². The Morgan fingerprint density at radius 3 is 1.65 bits per heavy atom. The number of fused-ring (bicyclic) bond motifs is 1. The number of nitrogens with one attached hydrogen (secondary N) is 1. The summed E-state index contributed by atoms with van der Waals surface area (Å²) in [7, 11) is 0.451. The van der Waals surface area contributed by atoms with Gasteiger partial charge in [-0.25, -0.2) is 9.97 Å². The summed E-state index contributed by atoms with van der Waals surface area (Å²) in [5.74, 6) is 2.01. The number of methoxy groups -OCH3 is 2. The Hall–Kier alpha value is -5.81. The van der Waals surface area contributed by atoms with E-state index >= 15 is 0 Å². The molecule has 0 spiro atoms. The molecule has 0 unspecified atom stereocenters. The highest BCUT2D eigenvalue weighted by molar-refractivity contribution is 6.99. The van der Waals surface area contributed by atoms with E-state index < -0.39 is 13.9 Å². The zero-order valence-corrected chi connectivity index (χ0v) is 32.9. The lowest BCUT2D eigenvalue weighted by Crippen LogP contribution is -2.66. The van der Waals surface area contributed by atoms with Crippen LogP contribution >= 0.6 is 0 Å². The van der Waals surface area contributed by atoms with Gasteiger partial charge in [0.1, 0.15) is 29.5 Å². The Morgan fingerprint density at radius 2 is 1.16 bits per heavy atom. The fourth-order valence-corrected chi connectivity index (χ4v) is 12.2. The monoisotopic (exact) mass is 750 g/mol. The summed E-state index contributed by atoms with van der Waals surface area (Å²) in [6, 6.07) is 47.0. The fraction of sp³-hybridized carbons (Fsp3) is 0.222. The van der Waals surface area contributed by atoms with E-state index in [1.165, 1.54) is 16.7 Å². The molecule has 0 saturated heterocycles. The number of hydrogen-bond donors (Lipinski definition) is 1. The molecule has 7 rings (SSSR count). The van der Waals surface area contributed by atoms with Crippen LogP contribution in [0.3, 0.4) is 0 Å². The maximum Gasteiger partial charge on any atom is 0.278 e. The van der Waals surface area contributed by atoms with Crippen LogP contribution in [0.25, 0.3) is 11.2 Å². The standard InChI is InChI=1S/C45H46N4O5Si/c1-44(2,3)55(38-17-11-7-12-18-38,39-19-13-8-14-20-39)54-30-29-49-40(48-41-42(49)46-32-47-43(41)50)31-53-45(33-15-9-6-10-16-33,34-21-25-36(51-4)26-22-34)35-23-27-37(52-5)28-24-35/h6-28,32H,29-31H2,1-5H3,(H,46,47,50). The summed E-state index contributed by atoms with van der Waals surface area (Å²) in [5, 5.41) is 2.17. The van der Waals surface area contributed by atoms with Crippen molar-refractivity contribution < 1.29 is 18.6 Å². The molecule has 2 heterocycles. The van der Waals surface area contributed by atoms with Gasteiger partial charge in [-0.1, -0.05) is 136 Å². The second-order valence-corrected chi connectivity index (χ2v) is 18.7. The molecule has 0 amide bonds.